The SMILES string of the molecule is Cc1cccc(-n2[nH]c(C)c(C=Nc3cc4[nH]c(=O)[nH]c4cc3N3CCCC3)c2=O)c1. The van der Waals surface area contributed by atoms with Crippen molar-refractivity contribution in [3.8, 4) is 5.69 Å². The molecule has 0 atom stereocenters. The molecule has 1 aliphatic heterocycles. The van der Waals surface area contributed by atoms with E-state index in [0.717, 1.165) is 59.8 Å². The summed E-state index contributed by atoms with van der Waals surface area (Å²) in [6, 6.07) is 11.6. The number of rotatable bonds is 4. The van der Waals surface area contributed by atoms with Gasteiger partial charge in [-0.3, -0.25) is 14.9 Å². The predicted molar refractivity (Wildman–Crippen MR) is 123 cm³/mol. The first kappa shape index (κ1) is 19.2. The van der Waals surface area contributed by atoms with Crippen molar-refractivity contribution in [1.29, 1.82) is 0 Å². The zero-order valence-corrected chi connectivity index (χ0v) is 17.5. The summed E-state index contributed by atoms with van der Waals surface area (Å²) in [5, 5.41) is 3.15. The van der Waals surface area contributed by atoms with Gasteiger partial charge in [0.25, 0.3) is 5.56 Å². The Kier molecular flexibility index (Phi) is 4.62. The summed E-state index contributed by atoms with van der Waals surface area (Å²) in [5.74, 6) is 0. The maximum Gasteiger partial charge on any atom is 0.323 e. The molecule has 3 heterocycles. The summed E-state index contributed by atoms with van der Waals surface area (Å²) in [4.78, 5) is 37.4. The van der Waals surface area contributed by atoms with Crippen LogP contribution in [0.25, 0.3) is 16.7 Å². The number of aryl methyl sites for hydroxylation is 2. The average Bonchev–Trinajstić information content (AvgIpc) is 3.45. The fraction of sp³-hybridized carbons (Fsp3) is 0.261. The van der Waals surface area contributed by atoms with Crippen molar-refractivity contribution in [3.63, 3.8) is 0 Å². The third-order valence-corrected chi connectivity index (χ3v) is 5.77. The Balaban J connectivity index is 1.58. The van der Waals surface area contributed by atoms with Crippen LogP contribution in [-0.2, 0) is 0 Å². The minimum Gasteiger partial charge on any atom is -0.370 e. The Labute approximate surface area is 178 Å². The second-order valence-electron chi connectivity index (χ2n) is 8.05. The molecule has 1 saturated heterocycles. The molecule has 0 spiro atoms. The molecule has 0 unspecified atom stereocenters. The highest BCUT2D eigenvalue weighted by atomic mass is 16.1. The first-order chi connectivity index (χ1) is 15.0. The molecule has 1 aliphatic rings. The number of hydrogen-bond acceptors (Lipinski definition) is 4. The van der Waals surface area contributed by atoms with Crippen LogP contribution >= 0.6 is 0 Å². The van der Waals surface area contributed by atoms with Crippen molar-refractivity contribution < 1.29 is 0 Å². The maximum absolute atomic E-state index is 13.1. The molecule has 0 saturated carbocycles. The highest BCUT2D eigenvalue weighted by molar-refractivity contribution is 5.91. The van der Waals surface area contributed by atoms with Gasteiger partial charge in [0.15, 0.2) is 0 Å². The third kappa shape index (κ3) is 3.50. The minimum absolute atomic E-state index is 0.147. The fourth-order valence-electron chi connectivity index (χ4n) is 4.17. The van der Waals surface area contributed by atoms with Gasteiger partial charge in [-0.05, 0) is 56.5 Å². The van der Waals surface area contributed by atoms with E-state index in [1.807, 2.05) is 50.2 Å². The van der Waals surface area contributed by atoms with Gasteiger partial charge in [0.1, 0.15) is 0 Å². The topological polar surface area (TPSA) is 102 Å². The molecule has 0 amide bonds. The smallest absolute Gasteiger partial charge is 0.323 e. The Morgan fingerprint density at radius 2 is 1.74 bits per heavy atom. The molecule has 3 N–H and O–H groups in total. The Hall–Kier alpha value is -3.81. The summed E-state index contributed by atoms with van der Waals surface area (Å²) in [6.07, 6.45) is 3.87. The van der Waals surface area contributed by atoms with E-state index in [1.54, 1.807) is 6.21 Å². The fourth-order valence-corrected chi connectivity index (χ4v) is 4.17. The number of anilines is 1. The standard InChI is InChI=1S/C23H24N6O2/c1-14-6-5-7-16(10-14)29-22(30)17(15(2)27-29)13-24-20-11-18-19(26-23(31)25-18)12-21(20)28-8-3-4-9-28/h5-7,10-13,27H,3-4,8-9H2,1-2H3,(H2,25,26,31). The normalized spacial score (nSPS) is 14.3. The largest absolute Gasteiger partial charge is 0.370 e. The molecular weight excluding hydrogens is 392 g/mol. The monoisotopic (exact) mass is 416 g/mol. The number of H-pyrrole nitrogens is 3. The number of nitrogens with zero attached hydrogens (tertiary/aromatic N) is 3. The lowest BCUT2D eigenvalue weighted by Gasteiger charge is -2.19. The van der Waals surface area contributed by atoms with E-state index >= 15 is 0 Å². The van der Waals surface area contributed by atoms with E-state index in [1.165, 1.54) is 4.68 Å². The molecule has 31 heavy (non-hydrogen) atoms. The van der Waals surface area contributed by atoms with E-state index < -0.39 is 0 Å². The zero-order chi connectivity index (χ0) is 21.5. The summed E-state index contributed by atoms with van der Waals surface area (Å²) in [6.45, 7) is 5.76. The predicted octanol–water partition coefficient (Wildman–Crippen LogP) is 3.30. The highest BCUT2D eigenvalue weighted by Gasteiger charge is 2.18. The molecule has 2 aromatic carbocycles. The van der Waals surface area contributed by atoms with Crippen LogP contribution in [0.5, 0.6) is 0 Å². The molecule has 0 aliphatic carbocycles. The number of imidazole rings is 1. The summed E-state index contributed by atoms with van der Waals surface area (Å²) in [7, 11) is 0. The molecule has 8 nitrogen and oxygen atoms in total. The Morgan fingerprint density at radius 3 is 2.48 bits per heavy atom. The lowest BCUT2D eigenvalue weighted by Crippen LogP contribution is -2.18. The number of benzene rings is 2. The molecule has 1 fully saturated rings. The number of nitrogens with one attached hydrogen (secondary N) is 3. The van der Waals surface area contributed by atoms with Gasteiger partial charge in [0.05, 0.1) is 33.7 Å². The second kappa shape index (κ2) is 7.46. The molecular formula is C23H24N6O2. The summed E-state index contributed by atoms with van der Waals surface area (Å²) >= 11 is 0. The molecule has 8 heteroatoms. The molecule has 5 rings (SSSR count). The van der Waals surface area contributed by atoms with Crippen LogP contribution in [0.15, 0.2) is 51.0 Å². The van der Waals surface area contributed by atoms with Crippen molar-refractivity contribution in [3.05, 3.63) is 74.1 Å². The van der Waals surface area contributed by atoms with Crippen molar-refractivity contribution >= 4 is 28.6 Å². The van der Waals surface area contributed by atoms with Crippen LogP contribution < -0.4 is 16.1 Å². The lowest BCUT2D eigenvalue weighted by atomic mass is 10.2. The van der Waals surface area contributed by atoms with E-state index in [2.05, 4.69) is 20.0 Å². The van der Waals surface area contributed by atoms with Crippen LogP contribution in [0.4, 0.5) is 11.4 Å². The second-order valence-corrected chi connectivity index (χ2v) is 8.05. The van der Waals surface area contributed by atoms with E-state index in [-0.39, 0.29) is 11.2 Å². The number of aromatic amines is 3. The van der Waals surface area contributed by atoms with Crippen molar-refractivity contribution in [2.75, 3.05) is 18.0 Å². The third-order valence-electron chi connectivity index (χ3n) is 5.77. The number of hydrogen-bond donors (Lipinski definition) is 3. The van der Waals surface area contributed by atoms with Crippen LogP contribution in [0.2, 0.25) is 0 Å². The highest BCUT2D eigenvalue weighted by Crippen LogP contribution is 2.34. The number of fused-ring (bicyclic) bond motifs is 1. The van der Waals surface area contributed by atoms with Gasteiger partial charge in [-0.2, -0.15) is 0 Å². The van der Waals surface area contributed by atoms with Crippen molar-refractivity contribution in [1.82, 2.24) is 19.7 Å². The van der Waals surface area contributed by atoms with Gasteiger partial charge >= 0.3 is 5.69 Å². The van der Waals surface area contributed by atoms with Crippen LogP contribution in [0.3, 0.4) is 0 Å². The van der Waals surface area contributed by atoms with Gasteiger partial charge in [-0.1, -0.05) is 12.1 Å². The van der Waals surface area contributed by atoms with E-state index in [9.17, 15) is 9.59 Å². The molecule has 0 bridgehead atoms. The van der Waals surface area contributed by atoms with Gasteiger partial charge in [0.2, 0.25) is 0 Å². The van der Waals surface area contributed by atoms with Crippen molar-refractivity contribution in [2.24, 2.45) is 4.99 Å². The minimum atomic E-state index is -0.244. The Morgan fingerprint density at radius 1 is 1.00 bits per heavy atom. The van der Waals surface area contributed by atoms with Crippen molar-refractivity contribution in [2.45, 2.75) is 26.7 Å². The van der Waals surface area contributed by atoms with Gasteiger partial charge < -0.3 is 14.9 Å². The van der Waals surface area contributed by atoms with Gasteiger partial charge in [-0.15, -0.1) is 0 Å². The van der Waals surface area contributed by atoms with Gasteiger partial charge in [0, 0.05) is 25.0 Å². The average molecular weight is 416 g/mol. The zero-order valence-electron chi connectivity index (χ0n) is 17.5. The summed E-state index contributed by atoms with van der Waals surface area (Å²) < 4.78 is 1.54. The number of aliphatic imine (C=N–C) groups is 1. The summed E-state index contributed by atoms with van der Waals surface area (Å²) in [5.41, 5.74) is 5.87. The first-order valence-electron chi connectivity index (χ1n) is 10.4. The molecule has 158 valence electrons. The first-order valence-corrected chi connectivity index (χ1v) is 10.4. The lowest BCUT2D eigenvalue weighted by molar-refractivity contribution is 0.834. The molecule has 2 aromatic heterocycles. The quantitative estimate of drug-likeness (QED) is 0.445. The number of aromatic nitrogens is 4. The van der Waals surface area contributed by atoms with Gasteiger partial charge in [-0.25, -0.2) is 9.48 Å². The van der Waals surface area contributed by atoms with E-state index in [4.69, 9.17) is 4.99 Å². The van der Waals surface area contributed by atoms with Crippen LogP contribution in [0.1, 0.15) is 29.7 Å². The maximum atomic E-state index is 13.1. The van der Waals surface area contributed by atoms with E-state index in [0.29, 0.717) is 11.1 Å². The van der Waals surface area contributed by atoms with Crippen LogP contribution in [0, 0.1) is 13.8 Å². The van der Waals surface area contributed by atoms with Crippen LogP contribution in [-0.4, -0.2) is 39.1 Å². The Bertz CT molecular complexity index is 1410. The molecule has 0 radical (unpaired) electrons. The molecule has 4 aromatic rings.